The highest BCUT2D eigenvalue weighted by atomic mass is 19.1. The first-order chi connectivity index (χ1) is 12.7. The van der Waals surface area contributed by atoms with Gasteiger partial charge in [0, 0.05) is 32.7 Å². The van der Waals surface area contributed by atoms with E-state index in [9.17, 15) is 9.18 Å². The van der Waals surface area contributed by atoms with E-state index in [1.54, 1.807) is 12.1 Å². The van der Waals surface area contributed by atoms with E-state index in [2.05, 4.69) is 29.2 Å². The number of carbonyl (C=O) groups is 1. The van der Waals surface area contributed by atoms with E-state index >= 15 is 0 Å². The highest BCUT2D eigenvalue weighted by molar-refractivity contribution is 5.91. The third kappa shape index (κ3) is 3.51. The fourth-order valence-electron chi connectivity index (χ4n) is 4.00. The minimum atomic E-state index is -0.400. The molecule has 3 nitrogen and oxygen atoms in total. The molecule has 136 valence electrons. The Morgan fingerprint density at radius 2 is 1.65 bits per heavy atom. The summed E-state index contributed by atoms with van der Waals surface area (Å²) in [5.41, 5.74) is 1.88. The molecule has 4 rings (SSSR count). The van der Waals surface area contributed by atoms with E-state index in [1.165, 1.54) is 17.7 Å². The monoisotopic (exact) mass is 352 g/mol. The van der Waals surface area contributed by atoms with Crippen LogP contribution in [-0.2, 0) is 16.8 Å². The molecule has 0 bridgehead atoms. The summed E-state index contributed by atoms with van der Waals surface area (Å²) < 4.78 is 13.2. The number of rotatable bonds is 4. The van der Waals surface area contributed by atoms with Gasteiger partial charge in [0.1, 0.15) is 5.82 Å². The quantitative estimate of drug-likeness (QED) is 0.839. The van der Waals surface area contributed by atoms with Crippen LogP contribution in [0.15, 0.2) is 54.6 Å². The Hall–Kier alpha value is -2.20. The van der Waals surface area contributed by atoms with Gasteiger partial charge in [-0.25, -0.2) is 4.39 Å². The Labute approximate surface area is 154 Å². The Morgan fingerprint density at radius 1 is 0.923 bits per heavy atom. The molecule has 1 aliphatic heterocycles. The van der Waals surface area contributed by atoms with Gasteiger partial charge in [0.05, 0.1) is 5.41 Å². The second-order valence-corrected chi connectivity index (χ2v) is 7.50. The van der Waals surface area contributed by atoms with Crippen LogP contribution in [0.4, 0.5) is 4.39 Å². The molecule has 2 aromatic carbocycles. The number of carbonyl (C=O) groups excluding carboxylic acids is 1. The van der Waals surface area contributed by atoms with Crippen molar-refractivity contribution in [2.75, 3.05) is 26.2 Å². The normalized spacial score (nSPS) is 19.8. The first-order valence-corrected chi connectivity index (χ1v) is 9.49. The third-order valence-electron chi connectivity index (χ3n) is 5.68. The number of benzene rings is 2. The van der Waals surface area contributed by atoms with Gasteiger partial charge < -0.3 is 4.90 Å². The van der Waals surface area contributed by atoms with E-state index in [0.29, 0.717) is 0 Å². The van der Waals surface area contributed by atoms with Gasteiger partial charge >= 0.3 is 0 Å². The summed E-state index contributed by atoms with van der Waals surface area (Å²) in [4.78, 5) is 17.7. The lowest BCUT2D eigenvalue weighted by Gasteiger charge is -2.27. The van der Waals surface area contributed by atoms with Gasteiger partial charge in [-0.05, 0) is 42.5 Å². The SMILES string of the molecule is O=C(N1CCCN(Cc2ccccc2)CC1)C1(c2ccc(F)cc2)CC1. The average Bonchev–Trinajstić information content (AvgIpc) is 3.48. The highest BCUT2D eigenvalue weighted by Crippen LogP contribution is 2.49. The van der Waals surface area contributed by atoms with Crippen molar-refractivity contribution in [3.05, 3.63) is 71.5 Å². The van der Waals surface area contributed by atoms with Gasteiger partial charge in [-0.2, -0.15) is 0 Å². The van der Waals surface area contributed by atoms with Gasteiger partial charge in [-0.3, -0.25) is 9.69 Å². The van der Waals surface area contributed by atoms with Crippen molar-refractivity contribution in [1.82, 2.24) is 9.80 Å². The topological polar surface area (TPSA) is 23.6 Å². The minimum Gasteiger partial charge on any atom is -0.341 e. The van der Waals surface area contributed by atoms with Gasteiger partial charge in [-0.15, -0.1) is 0 Å². The molecule has 1 heterocycles. The zero-order valence-electron chi connectivity index (χ0n) is 15.0. The van der Waals surface area contributed by atoms with Crippen LogP contribution in [0.25, 0.3) is 0 Å². The van der Waals surface area contributed by atoms with Crippen molar-refractivity contribution >= 4 is 5.91 Å². The van der Waals surface area contributed by atoms with Crippen LogP contribution in [0.3, 0.4) is 0 Å². The van der Waals surface area contributed by atoms with Crippen molar-refractivity contribution in [2.24, 2.45) is 0 Å². The summed E-state index contributed by atoms with van der Waals surface area (Å²) >= 11 is 0. The van der Waals surface area contributed by atoms with Gasteiger partial charge in [0.2, 0.25) is 5.91 Å². The second-order valence-electron chi connectivity index (χ2n) is 7.50. The minimum absolute atomic E-state index is 0.227. The molecule has 1 saturated heterocycles. The largest absolute Gasteiger partial charge is 0.341 e. The average molecular weight is 352 g/mol. The molecule has 1 saturated carbocycles. The molecule has 0 atom stereocenters. The molecule has 4 heteroatoms. The lowest BCUT2D eigenvalue weighted by molar-refractivity contribution is -0.133. The van der Waals surface area contributed by atoms with E-state index in [-0.39, 0.29) is 11.7 Å². The van der Waals surface area contributed by atoms with Crippen molar-refractivity contribution < 1.29 is 9.18 Å². The molecule has 0 aromatic heterocycles. The van der Waals surface area contributed by atoms with Gasteiger partial charge in [-0.1, -0.05) is 42.5 Å². The predicted octanol–water partition coefficient (Wildman–Crippen LogP) is 3.59. The van der Waals surface area contributed by atoms with Crippen molar-refractivity contribution in [3.63, 3.8) is 0 Å². The Bertz CT molecular complexity index is 755. The zero-order valence-corrected chi connectivity index (χ0v) is 15.0. The van der Waals surface area contributed by atoms with E-state index in [1.807, 2.05) is 11.0 Å². The zero-order chi connectivity index (χ0) is 18.0. The van der Waals surface area contributed by atoms with Crippen LogP contribution in [0.1, 0.15) is 30.4 Å². The number of hydrogen-bond donors (Lipinski definition) is 0. The summed E-state index contributed by atoms with van der Waals surface area (Å²) in [5.74, 6) is -0.0194. The van der Waals surface area contributed by atoms with Crippen LogP contribution in [0.2, 0.25) is 0 Å². The highest BCUT2D eigenvalue weighted by Gasteiger charge is 2.52. The molecule has 2 aliphatic rings. The van der Waals surface area contributed by atoms with Crippen LogP contribution >= 0.6 is 0 Å². The molecular formula is C22H25FN2O. The van der Waals surface area contributed by atoms with Crippen molar-refractivity contribution in [2.45, 2.75) is 31.2 Å². The summed E-state index contributed by atoms with van der Waals surface area (Å²) in [7, 11) is 0. The summed E-state index contributed by atoms with van der Waals surface area (Å²) in [6, 6.07) is 17.0. The van der Waals surface area contributed by atoms with E-state index < -0.39 is 5.41 Å². The number of nitrogens with zero attached hydrogens (tertiary/aromatic N) is 2. The van der Waals surface area contributed by atoms with E-state index in [4.69, 9.17) is 0 Å². The van der Waals surface area contributed by atoms with Crippen LogP contribution < -0.4 is 0 Å². The standard InChI is InChI=1S/C22H25FN2O/c23-20-9-7-19(8-10-20)22(11-12-22)21(26)25-14-4-13-24(15-16-25)17-18-5-2-1-3-6-18/h1-3,5-10H,4,11-17H2. The van der Waals surface area contributed by atoms with Crippen molar-refractivity contribution in [1.29, 1.82) is 0 Å². The van der Waals surface area contributed by atoms with Gasteiger partial charge in [0.25, 0.3) is 0 Å². The summed E-state index contributed by atoms with van der Waals surface area (Å²) in [6.45, 7) is 4.44. The summed E-state index contributed by atoms with van der Waals surface area (Å²) in [5, 5.41) is 0. The van der Waals surface area contributed by atoms with Crippen LogP contribution in [0.5, 0.6) is 0 Å². The lowest BCUT2D eigenvalue weighted by atomic mass is 9.94. The number of amides is 1. The van der Waals surface area contributed by atoms with Crippen LogP contribution in [0, 0.1) is 5.82 Å². The first kappa shape index (κ1) is 17.2. The molecule has 0 spiro atoms. The maximum atomic E-state index is 13.2. The maximum Gasteiger partial charge on any atom is 0.233 e. The Morgan fingerprint density at radius 3 is 2.35 bits per heavy atom. The molecular weight excluding hydrogens is 327 g/mol. The maximum absolute atomic E-state index is 13.2. The Kier molecular flexibility index (Phi) is 4.77. The fourth-order valence-corrected chi connectivity index (χ4v) is 4.00. The molecule has 2 fully saturated rings. The molecule has 1 aliphatic carbocycles. The fraction of sp³-hybridized carbons (Fsp3) is 0.409. The molecule has 0 N–H and O–H groups in total. The molecule has 0 radical (unpaired) electrons. The van der Waals surface area contributed by atoms with E-state index in [0.717, 1.165) is 57.5 Å². The number of halogens is 1. The van der Waals surface area contributed by atoms with Crippen molar-refractivity contribution in [3.8, 4) is 0 Å². The number of hydrogen-bond acceptors (Lipinski definition) is 2. The molecule has 2 aromatic rings. The lowest BCUT2D eigenvalue weighted by Crippen LogP contribution is -2.41. The predicted molar refractivity (Wildman–Crippen MR) is 100 cm³/mol. The molecule has 1 amide bonds. The third-order valence-corrected chi connectivity index (χ3v) is 5.68. The Balaban J connectivity index is 1.41. The molecule has 26 heavy (non-hydrogen) atoms. The smallest absolute Gasteiger partial charge is 0.233 e. The second kappa shape index (κ2) is 7.20. The first-order valence-electron chi connectivity index (χ1n) is 9.49. The van der Waals surface area contributed by atoms with Gasteiger partial charge in [0.15, 0.2) is 0 Å². The van der Waals surface area contributed by atoms with Crippen LogP contribution in [-0.4, -0.2) is 41.9 Å². The molecule has 0 unspecified atom stereocenters. The summed E-state index contributed by atoms with van der Waals surface area (Å²) in [6.07, 6.45) is 2.75.